The molecule has 7 heteroatoms. The summed E-state index contributed by atoms with van der Waals surface area (Å²) in [5, 5.41) is 2.91. The highest BCUT2D eigenvalue weighted by atomic mass is 16.5. The molecular formula is C26H21NO6. The van der Waals surface area contributed by atoms with Crippen molar-refractivity contribution in [3.8, 4) is 11.5 Å². The molecule has 4 rings (SSSR count). The smallest absolute Gasteiger partial charge is 0.308 e. The molecule has 0 radical (unpaired) electrons. The molecule has 0 saturated carbocycles. The van der Waals surface area contributed by atoms with Crippen molar-refractivity contribution in [1.82, 2.24) is 0 Å². The average molecular weight is 443 g/mol. The standard InChI is InChI=1S/C26H21NO6/c1-15(28)22-5-4-6-23-24(22)26(25(31)27-23,18-7-11-20(12-8-18)32-16(2)29)19-9-13-21(14-10-19)33-17(3)30/h4-14H,1-3H3,(H,27,31). The van der Waals surface area contributed by atoms with E-state index in [0.29, 0.717) is 39.4 Å². The maximum absolute atomic E-state index is 13.7. The fourth-order valence-electron chi connectivity index (χ4n) is 4.28. The Morgan fingerprint density at radius 3 is 1.64 bits per heavy atom. The Labute approximate surface area is 190 Å². The molecule has 1 heterocycles. The largest absolute Gasteiger partial charge is 0.427 e. The minimum atomic E-state index is -1.35. The van der Waals surface area contributed by atoms with Crippen LogP contribution in [0, 0.1) is 0 Å². The quantitative estimate of drug-likeness (QED) is 0.363. The Kier molecular flexibility index (Phi) is 5.55. The summed E-state index contributed by atoms with van der Waals surface area (Å²) >= 11 is 0. The van der Waals surface area contributed by atoms with E-state index in [1.165, 1.54) is 20.8 Å². The third kappa shape index (κ3) is 3.78. The lowest BCUT2D eigenvalue weighted by molar-refractivity contribution is -0.132. The van der Waals surface area contributed by atoms with Crippen LogP contribution in [0.15, 0.2) is 66.7 Å². The lowest BCUT2D eigenvalue weighted by Crippen LogP contribution is -2.38. The second kappa shape index (κ2) is 8.35. The lowest BCUT2D eigenvalue weighted by atomic mass is 9.68. The van der Waals surface area contributed by atoms with Gasteiger partial charge in [0.2, 0.25) is 5.91 Å². The van der Waals surface area contributed by atoms with Crippen molar-refractivity contribution < 1.29 is 28.7 Å². The molecule has 3 aromatic rings. The Bertz CT molecular complexity index is 1220. The minimum absolute atomic E-state index is 0.180. The maximum Gasteiger partial charge on any atom is 0.308 e. The fraction of sp³-hybridized carbons (Fsp3) is 0.154. The molecular weight excluding hydrogens is 422 g/mol. The van der Waals surface area contributed by atoms with Gasteiger partial charge in [0, 0.05) is 30.7 Å². The number of hydrogen-bond acceptors (Lipinski definition) is 6. The molecule has 0 bridgehead atoms. The molecule has 0 fully saturated rings. The number of hydrogen-bond donors (Lipinski definition) is 1. The third-order valence-corrected chi connectivity index (χ3v) is 5.51. The highest BCUT2D eigenvalue weighted by Gasteiger charge is 2.51. The second-order valence-corrected chi connectivity index (χ2v) is 7.72. The molecule has 1 aliphatic rings. The van der Waals surface area contributed by atoms with E-state index in [2.05, 4.69) is 5.32 Å². The normalized spacial score (nSPS) is 13.6. The molecule has 0 aromatic heterocycles. The number of anilines is 1. The summed E-state index contributed by atoms with van der Waals surface area (Å²) < 4.78 is 10.3. The number of carbonyl (C=O) groups is 4. The number of amides is 1. The molecule has 0 saturated heterocycles. The molecule has 1 N–H and O–H groups in total. The van der Waals surface area contributed by atoms with E-state index in [-0.39, 0.29) is 11.7 Å². The van der Waals surface area contributed by atoms with Gasteiger partial charge < -0.3 is 14.8 Å². The first-order valence-electron chi connectivity index (χ1n) is 10.3. The molecule has 0 spiro atoms. The number of rotatable bonds is 5. The zero-order valence-corrected chi connectivity index (χ0v) is 18.3. The number of fused-ring (bicyclic) bond motifs is 1. The van der Waals surface area contributed by atoms with Gasteiger partial charge in [0.05, 0.1) is 0 Å². The van der Waals surface area contributed by atoms with Crippen molar-refractivity contribution in [3.05, 3.63) is 89.0 Å². The molecule has 0 aliphatic carbocycles. The van der Waals surface area contributed by atoms with Crippen LogP contribution in [0.3, 0.4) is 0 Å². The molecule has 1 aliphatic heterocycles. The van der Waals surface area contributed by atoms with Crippen LogP contribution in [-0.2, 0) is 19.8 Å². The van der Waals surface area contributed by atoms with Gasteiger partial charge in [0.25, 0.3) is 0 Å². The SMILES string of the molecule is CC(=O)Oc1ccc(C2(c3ccc(OC(C)=O)cc3)C(=O)Nc3cccc(C(C)=O)c32)cc1. The number of Topliss-reactive ketones (excluding diaryl/α,β-unsaturated/α-hetero) is 1. The maximum atomic E-state index is 13.7. The summed E-state index contributed by atoms with van der Waals surface area (Å²) in [6, 6.07) is 18.4. The number of esters is 2. The van der Waals surface area contributed by atoms with Crippen molar-refractivity contribution in [1.29, 1.82) is 0 Å². The summed E-state index contributed by atoms with van der Waals surface area (Å²) in [5.41, 5.74) is 1.33. The van der Waals surface area contributed by atoms with E-state index >= 15 is 0 Å². The second-order valence-electron chi connectivity index (χ2n) is 7.72. The van der Waals surface area contributed by atoms with Crippen molar-refractivity contribution in [2.24, 2.45) is 0 Å². The van der Waals surface area contributed by atoms with Gasteiger partial charge in [0.15, 0.2) is 5.78 Å². The molecule has 1 amide bonds. The van der Waals surface area contributed by atoms with Gasteiger partial charge in [-0.25, -0.2) is 0 Å². The first-order chi connectivity index (χ1) is 15.7. The van der Waals surface area contributed by atoms with Gasteiger partial charge in [-0.15, -0.1) is 0 Å². The fourth-order valence-corrected chi connectivity index (χ4v) is 4.28. The topological polar surface area (TPSA) is 98.8 Å². The van der Waals surface area contributed by atoms with E-state index in [9.17, 15) is 19.2 Å². The van der Waals surface area contributed by atoms with Crippen LogP contribution in [0.5, 0.6) is 11.5 Å². The van der Waals surface area contributed by atoms with Crippen molar-refractivity contribution >= 4 is 29.3 Å². The van der Waals surface area contributed by atoms with Crippen molar-refractivity contribution in [3.63, 3.8) is 0 Å². The third-order valence-electron chi connectivity index (χ3n) is 5.51. The summed E-state index contributed by atoms with van der Waals surface area (Å²) in [6.07, 6.45) is 0. The summed E-state index contributed by atoms with van der Waals surface area (Å²) in [7, 11) is 0. The Morgan fingerprint density at radius 1 is 0.727 bits per heavy atom. The predicted molar refractivity (Wildman–Crippen MR) is 120 cm³/mol. The first-order valence-corrected chi connectivity index (χ1v) is 10.3. The van der Waals surface area contributed by atoms with Crippen LogP contribution >= 0.6 is 0 Å². The molecule has 33 heavy (non-hydrogen) atoms. The number of ketones is 1. The van der Waals surface area contributed by atoms with Gasteiger partial charge in [0.1, 0.15) is 16.9 Å². The average Bonchev–Trinajstić information content (AvgIpc) is 3.06. The minimum Gasteiger partial charge on any atom is -0.427 e. The van der Waals surface area contributed by atoms with Crippen LogP contribution in [0.4, 0.5) is 5.69 Å². The highest BCUT2D eigenvalue weighted by Crippen LogP contribution is 2.49. The molecule has 7 nitrogen and oxygen atoms in total. The van der Waals surface area contributed by atoms with Gasteiger partial charge in [-0.1, -0.05) is 36.4 Å². The highest BCUT2D eigenvalue weighted by molar-refractivity contribution is 6.15. The van der Waals surface area contributed by atoms with Gasteiger partial charge in [-0.3, -0.25) is 19.2 Å². The van der Waals surface area contributed by atoms with Gasteiger partial charge in [-0.2, -0.15) is 0 Å². The Morgan fingerprint density at radius 2 is 1.21 bits per heavy atom. The van der Waals surface area contributed by atoms with Crippen LogP contribution in [-0.4, -0.2) is 23.6 Å². The van der Waals surface area contributed by atoms with Crippen LogP contribution in [0.25, 0.3) is 0 Å². The van der Waals surface area contributed by atoms with Crippen LogP contribution in [0.2, 0.25) is 0 Å². The van der Waals surface area contributed by atoms with Crippen LogP contribution in [0.1, 0.15) is 47.8 Å². The Balaban J connectivity index is 1.98. The van der Waals surface area contributed by atoms with E-state index in [1.807, 2.05) is 0 Å². The van der Waals surface area contributed by atoms with Gasteiger partial charge in [-0.05, 0) is 48.4 Å². The lowest BCUT2D eigenvalue weighted by Gasteiger charge is -2.30. The zero-order valence-electron chi connectivity index (χ0n) is 18.3. The van der Waals surface area contributed by atoms with Gasteiger partial charge >= 0.3 is 11.9 Å². The number of ether oxygens (including phenoxy) is 2. The van der Waals surface area contributed by atoms with E-state index in [0.717, 1.165) is 0 Å². The number of benzene rings is 3. The zero-order chi connectivity index (χ0) is 23.8. The predicted octanol–water partition coefficient (Wildman–Crippen LogP) is 4.03. The van der Waals surface area contributed by atoms with E-state index < -0.39 is 17.4 Å². The monoisotopic (exact) mass is 443 g/mol. The summed E-state index contributed by atoms with van der Waals surface area (Å²) in [4.78, 5) is 48.9. The molecule has 166 valence electrons. The van der Waals surface area contributed by atoms with Crippen molar-refractivity contribution in [2.45, 2.75) is 26.2 Å². The summed E-state index contributed by atoms with van der Waals surface area (Å²) in [5.74, 6) is -0.745. The summed E-state index contributed by atoms with van der Waals surface area (Å²) in [6.45, 7) is 4.07. The van der Waals surface area contributed by atoms with E-state index in [1.54, 1.807) is 66.7 Å². The molecule has 3 aromatic carbocycles. The Hall–Kier alpha value is -4.26. The molecule has 0 unspecified atom stereocenters. The van der Waals surface area contributed by atoms with E-state index in [4.69, 9.17) is 9.47 Å². The van der Waals surface area contributed by atoms with Crippen molar-refractivity contribution in [2.75, 3.05) is 5.32 Å². The van der Waals surface area contributed by atoms with Crippen LogP contribution < -0.4 is 14.8 Å². The molecule has 0 atom stereocenters. The number of nitrogens with one attached hydrogen (secondary N) is 1. The first kappa shape index (κ1) is 22.0. The number of carbonyl (C=O) groups excluding carboxylic acids is 4.